The molecule has 0 aromatic rings. The van der Waals surface area contributed by atoms with Crippen LogP contribution in [0.15, 0.2) is 0 Å². The molecule has 0 rings (SSSR count). The van der Waals surface area contributed by atoms with Crippen LogP contribution in [0.1, 0.15) is 92.4 Å². The number of carbonyl (C=O) groups is 2. The van der Waals surface area contributed by atoms with Gasteiger partial charge in [-0.25, -0.2) is 0 Å². The Morgan fingerprint density at radius 3 is 1.83 bits per heavy atom. The van der Waals surface area contributed by atoms with Gasteiger partial charge in [0, 0.05) is 5.41 Å². The number of unbranched alkanes of at least 4 members (excludes halogenated alkanes) is 6. The summed E-state index contributed by atoms with van der Waals surface area (Å²) in [5, 5.41) is 10.5. The number of ether oxygens (including phenoxy) is 1. The van der Waals surface area contributed by atoms with Crippen LogP contribution in [0.25, 0.3) is 0 Å². The zero-order valence-electron chi connectivity index (χ0n) is 16.0. The fourth-order valence-corrected chi connectivity index (χ4v) is 2.40. The number of carboxylic acids is 1. The topological polar surface area (TPSA) is 66.4 Å². The fraction of sp³-hybridized carbons (Fsp3) is 0.889. The fourth-order valence-electron chi connectivity index (χ4n) is 2.40. The minimum atomic E-state index is -1.39. The molecule has 0 aliphatic carbocycles. The van der Waals surface area contributed by atoms with Crippen molar-refractivity contribution in [2.75, 3.05) is 0 Å². The van der Waals surface area contributed by atoms with Gasteiger partial charge < -0.3 is 14.6 Å². The number of carbonyl (C=O) groups excluding carboxylic acids is 2. The van der Waals surface area contributed by atoms with Crippen LogP contribution in [-0.4, -0.2) is 17.5 Å². The molecule has 4 nitrogen and oxygen atoms in total. The second-order valence-electron chi connectivity index (χ2n) is 7.38. The number of hydrogen-bond donors (Lipinski definition) is 0. The second-order valence-corrected chi connectivity index (χ2v) is 7.38. The average molecular weight is 320 g/mol. The first-order chi connectivity index (χ1) is 10.1. The summed E-state index contributed by atoms with van der Waals surface area (Å²) >= 11 is 0. The number of carboxylic acid groups (broad SMARTS) is 1. The Morgan fingerprint density at radius 2 is 1.39 bits per heavy atom. The molecule has 0 aliphatic heterocycles. The van der Waals surface area contributed by atoms with E-state index in [1.165, 1.54) is 32.1 Å². The molecule has 0 bridgehead atoms. The standard InChI is InChI=1S/C18H34O4.Li/c1-6-7-8-9-10-11-12-13-18(5,17(2,3)4)22-16(21)14-15(19)20;/h6-14H2,1-5H3,(H,19,20);/q;+1/p-1. The Morgan fingerprint density at radius 1 is 0.913 bits per heavy atom. The summed E-state index contributed by atoms with van der Waals surface area (Å²) in [6.07, 6.45) is 8.46. The van der Waals surface area contributed by atoms with E-state index in [0.717, 1.165) is 19.3 Å². The van der Waals surface area contributed by atoms with Crippen molar-refractivity contribution in [2.24, 2.45) is 5.41 Å². The summed E-state index contributed by atoms with van der Waals surface area (Å²) < 4.78 is 5.50. The molecular weight excluding hydrogens is 287 g/mol. The molecule has 0 saturated heterocycles. The molecule has 0 N–H and O–H groups in total. The zero-order valence-corrected chi connectivity index (χ0v) is 16.0. The molecule has 0 fully saturated rings. The smallest absolute Gasteiger partial charge is 0.550 e. The van der Waals surface area contributed by atoms with Crippen molar-refractivity contribution in [1.82, 2.24) is 0 Å². The van der Waals surface area contributed by atoms with Gasteiger partial charge in [0.05, 0.1) is 12.4 Å². The molecule has 0 spiro atoms. The van der Waals surface area contributed by atoms with E-state index in [0.29, 0.717) is 0 Å². The first-order valence-corrected chi connectivity index (χ1v) is 8.54. The Kier molecular flexibility index (Phi) is 12.9. The minimum Gasteiger partial charge on any atom is -0.550 e. The average Bonchev–Trinajstić information content (AvgIpc) is 2.35. The molecule has 0 aromatic heterocycles. The van der Waals surface area contributed by atoms with Crippen LogP contribution in [0, 0.1) is 5.41 Å². The van der Waals surface area contributed by atoms with Gasteiger partial charge in [0.15, 0.2) is 0 Å². The number of aliphatic carboxylic acids is 1. The molecule has 5 heteroatoms. The molecular formula is C18H33LiO4. The normalized spacial score (nSPS) is 13.8. The van der Waals surface area contributed by atoms with Gasteiger partial charge in [0.2, 0.25) is 0 Å². The molecule has 0 heterocycles. The van der Waals surface area contributed by atoms with E-state index in [-0.39, 0.29) is 24.3 Å². The van der Waals surface area contributed by atoms with Crippen molar-refractivity contribution < 1.29 is 38.3 Å². The third-order valence-electron chi connectivity index (χ3n) is 4.47. The minimum absolute atomic E-state index is 0. The zero-order chi connectivity index (χ0) is 17.2. The van der Waals surface area contributed by atoms with Gasteiger partial charge in [-0.15, -0.1) is 0 Å². The predicted octanol–water partition coefficient (Wildman–Crippen LogP) is 0.619. The van der Waals surface area contributed by atoms with E-state index < -0.39 is 24.0 Å². The summed E-state index contributed by atoms with van der Waals surface area (Å²) in [5.41, 5.74) is -0.889. The first kappa shape index (κ1) is 24.8. The quantitative estimate of drug-likeness (QED) is 0.242. The van der Waals surface area contributed by atoms with Crippen LogP contribution in [-0.2, 0) is 14.3 Å². The maximum absolute atomic E-state index is 11.7. The van der Waals surface area contributed by atoms with E-state index in [4.69, 9.17) is 4.74 Å². The van der Waals surface area contributed by atoms with E-state index >= 15 is 0 Å². The van der Waals surface area contributed by atoms with E-state index in [1.54, 1.807) is 0 Å². The van der Waals surface area contributed by atoms with Crippen LogP contribution < -0.4 is 24.0 Å². The van der Waals surface area contributed by atoms with Crippen molar-refractivity contribution in [3.05, 3.63) is 0 Å². The molecule has 0 aromatic carbocycles. The molecule has 1 unspecified atom stereocenters. The predicted molar refractivity (Wildman–Crippen MR) is 86.2 cm³/mol. The Labute approximate surface area is 153 Å². The van der Waals surface area contributed by atoms with Crippen molar-refractivity contribution in [1.29, 1.82) is 0 Å². The molecule has 130 valence electrons. The van der Waals surface area contributed by atoms with E-state index in [2.05, 4.69) is 6.92 Å². The van der Waals surface area contributed by atoms with Gasteiger partial charge in [-0.05, 0) is 19.8 Å². The van der Waals surface area contributed by atoms with Crippen LogP contribution in [0.5, 0.6) is 0 Å². The largest absolute Gasteiger partial charge is 1.00 e. The second kappa shape index (κ2) is 12.0. The van der Waals surface area contributed by atoms with Gasteiger partial charge in [-0.1, -0.05) is 66.2 Å². The number of rotatable bonds is 11. The third-order valence-corrected chi connectivity index (χ3v) is 4.47. The summed E-state index contributed by atoms with van der Waals surface area (Å²) in [6, 6.07) is 0. The number of hydrogen-bond acceptors (Lipinski definition) is 4. The van der Waals surface area contributed by atoms with Crippen molar-refractivity contribution in [3.63, 3.8) is 0 Å². The van der Waals surface area contributed by atoms with Crippen molar-refractivity contribution in [2.45, 2.75) is 98.0 Å². The van der Waals surface area contributed by atoms with E-state index in [1.807, 2.05) is 27.7 Å². The van der Waals surface area contributed by atoms with Crippen LogP contribution in [0.2, 0.25) is 0 Å². The van der Waals surface area contributed by atoms with Gasteiger partial charge >= 0.3 is 24.8 Å². The van der Waals surface area contributed by atoms with Crippen molar-refractivity contribution in [3.8, 4) is 0 Å². The monoisotopic (exact) mass is 320 g/mol. The molecule has 0 saturated carbocycles. The maximum atomic E-state index is 11.7. The third kappa shape index (κ3) is 10.8. The van der Waals surface area contributed by atoms with Gasteiger partial charge in [0.25, 0.3) is 0 Å². The first-order valence-electron chi connectivity index (χ1n) is 8.54. The molecule has 23 heavy (non-hydrogen) atoms. The molecule has 1 atom stereocenters. The summed E-state index contributed by atoms with van der Waals surface area (Å²) in [6.45, 7) is 10.1. The maximum Gasteiger partial charge on any atom is 1.00 e. The van der Waals surface area contributed by atoms with Gasteiger partial charge in [-0.2, -0.15) is 0 Å². The van der Waals surface area contributed by atoms with Crippen LogP contribution in [0.3, 0.4) is 0 Å². The molecule has 0 radical (unpaired) electrons. The van der Waals surface area contributed by atoms with Crippen molar-refractivity contribution >= 4 is 11.9 Å². The summed E-state index contributed by atoms with van der Waals surface area (Å²) in [4.78, 5) is 22.2. The van der Waals surface area contributed by atoms with E-state index in [9.17, 15) is 14.7 Å². The number of esters is 1. The summed E-state index contributed by atoms with van der Waals surface area (Å²) in [7, 11) is 0. The van der Waals surface area contributed by atoms with Crippen LogP contribution >= 0.6 is 0 Å². The van der Waals surface area contributed by atoms with Gasteiger partial charge in [-0.3, -0.25) is 4.79 Å². The van der Waals surface area contributed by atoms with Gasteiger partial charge in [0.1, 0.15) is 5.60 Å². The Hall–Kier alpha value is -0.463. The Balaban J connectivity index is 0. The molecule has 0 amide bonds. The SMILES string of the molecule is CCCCCCCCCC(C)(OC(=O)CC(=O)[O-])C(C)(C)C.[Li+]. The Bertz CT molecular complexity index is 349. The van der Waals surface area contributed by atoms with Crippen LogP contribution in [0.4, 0.5) is 0 Å². The summed E-state index contributed by atoms with van der Waals surface area (Å²) in [5.74, 6) is -2.10. The molecule has 0 aliphatic rings.